The van der Waals surface area contributed by atoms with Crippen LogP contribution in [0.2, 0.25) is 8.43 Å². The summed E-state index contributed by atoms with van der Waals surface area (Å²) in [6.45, 7) is 0. The first kappa shape index (κ1) is 16.1. The molecule has 0 amide bonds. The summed E-state index contributed by atoms with van der Waals surface area (Å²) in [6.07, 6.45) is 7.16. The Labute approximate surface area is 151 Å². The fourth-order valence-electron chi connectivity index (χ4n) is 2.57. The number of hydrogen-bond donors (Lipinski definition) is 0. The van der Waals surface area contributed by atoms with Crippen molar-refractivity contribution in [1.29, 1.82) is 0 Å². The van der Waals surface area contributed by atoms with E-state index >= 15 is 0 Å². The van der Waals surface area contributed by atoms with Gasteiger partial charge >= 0.3 is 153 Å². The van der Waals surface area contributed by atoms with Crippen molar-refractivity contribution in [1.82, 2.24) is 0 Å². The molecule has 3 fully saturated rings. The zero-order valence-corrected chi connectivity index (χ0v) is 18.4. The van der Waals surface area contributed by atoms with E-state index in [4.69, 9.17) is 0 Å². The van der Waals surface area contributed by atoms with Gasteiger partial charge in [-0.3, -0.25) is 0 Å². The first-order chi connectivity index (χ1) is 9.20. The van der Waals surface area contributed by atoms with Crippen LogP contribution in [0.3, 0.4) is 0 Å². The summed E-state index contributed by atoms with van der Waals surface area (Å²) in [5.41, 5.74) is 0. The Bertz CT molecular complexity index is 358. The van der Waals surface area contributed by atoms with Crippen LogP contribution in [0.4, 0.5) is 0 Å². The third-order valence-electron chi connectivity index (χ3n) is 3.97. The van der Waals surface area contributed by atoms with Crippen molar-refractivity contribution in [3.05, 3.63) is 0 Å². The van der Waals surface area contributed by atoms with Crippen molar-refractivity contribution >= 4 is 84.4 Å². The summed E-state index contributed by atoms with van der Waals surface area (Å²) in [7, 11) is 0. The van der Waals surface area contributed by atoms with E-state index in [-0.39, 0.29) is 20.9 Å². The molecule has 3 rings (SSSR count). The zero-order valence-electron chi connectivity index (χ0n) is 11.0. The van der Waals surface area contributed by atoms with Gasteiger partial charge in [-0.25, -0.2) is 0 Å². The normalized spacial score (nSPS) is 36.8. The van der Waals surface area contributed by atoms with Crippen LogP contribution in [0, 0.1) is 5.92 Å². The molecular weight excluding hydrogens is 518 g/mol. The summed E-state index contributed by atoms with van der Waals surface area (Å²) in [4.78, 5) is 0. The zero-order chi connectivity index (χ0) is 13.2. The van der Waals surface area contributed by atoms with E-state index in [9.17, 15) is 0 Å². The molecule has 0 spiro atoms. The molecule has 0 saturated carbocycles. The number of thioether (sulfide) groups is 2. The van der Waals surface area contributed by atoms with Gasteiger partial charge in [-0.05, 0) is 0 Å². The molecule has 4 atom stereocenters. The Morgan fingerprint density at radius 2 is 1.68 bits per heavy atom. The summed E-state index contributed by atoms with van der Waals surface area (Å²) in [6, 6.07) is 0. The van der Waals surface area contributed by atoms with Crippen LogP contribution in [0.1, 0.15) is 32.1 Å². The molecule has 0 aliphatic carbocycles. The van der Waals surface area contributed by atoms with Gasteiger partial charge in [0.15, 0.2) is 0 Å². The number of rotatable bonds is 7. The van der Waals surface area contributed by atoms with Crippen LogP contribution in [0.15, 0.2) is 0 Å². The first-order valence-corrected chi connectivity index (χ1v) is 13.9. The van der Waals surface area contributed by atoms with E-state index in [1.165, 1.54) is 43.6 Å². The van der Waals surface area contributed by atoms with Gasteiger partial charge in [0.1, 0.15) is 0 Å². The Hall–Kier alpha value is 2.27. The second kappa shape index (κ2) is 7.70. The molecule has 3 heterocycles. The Balaban J connectivity index is 1.35. The quantitative estimate of drug-likeness (QED) is 0.361. The van der Waals surface area contributed by atoms with Gasteiger partial charge in [-0.2, -0.15) is 0 Å². The molecule has 0 nitrogen and oxygen atoms in total. The maximum atomic E-state index is 3.42. The SMILES string of the molecule is [Se]=C(CC1CS1)CC1CCC(C(=[Se])CC2CS2)C[Te]1. The molecule has 106 valence electrons. The molecule has 5 heteroatoms. The second-order valence-corrected chi connectivity index (χ2v) is 14.5. The summed E-state index contributed by atoms with van der Waals surface area (Å²) >= 11 is 11.3. The van der Waals surface area contributed by atoms with Crippen LogP contribution in [0.5, 0.6) is 0 Å². The van der Waals surface area contributed by atoms with Crippen molar-refractivity contribution in [3.63, 3.8) is 0 Å². The van der Waals surface area contributed by atoms with Crippen LogP contribution < -0.4 is 0 Å². The van der Waals surface area contributed by atoms with E-state index in [0.717, 1.165) is 20.4 Å². The molecule has 0 aromatic heterocycles. The van der Waals surface area contributed by atoms with Crippen molar-refractivity contribution in [2.24, 2.45) is 5.92 Å². The van der Waals surface area contributed by atoms with Crippen LogP contribution in [-0.2, 0) is 0 Å². The molecule has 3 aliphatic heterocycles. The fraction of sp³-hybridized carbons (Fsp3) is 0.857. The fourth-order valence-corrected chi connectivity index (χ4v) is 11.6. The van der Waals surface area contributed by atoms with E-state index in [1.54, 1.807) is 13.3 Å². The van der Waals surface area contributed by atoms with Gasteiger partial charge < -0.3 is 0 Å². The van der Waals surface area contributed by atoms with Gasteiger partial charge in [0.05, 0.1) is 0 Å². The van der Waals surface area contributed by atoms with Crippen LogP contribution in [-0.4, -0.2) is 82.9 Å². The van der Waals surface area contributed by atoms with Crippen LogP contribution >= 0.6 is 23.5 Å². The predicted molar refractivity (Wildman–Crippen MR) is 94.9 cm³/mol. The predicted octanol–water partition coefficient (Wildman–Crippen LogP) is 2.39. The summed E-state index contributed by atoms with van der Waals surface area (Å²) in [5, 5.41) is 1.96. The average Bonchev–Trinajstić information content (AvgIpc) is 3.26. The molecule has 0 aromatic rings. The van der Waals surface area contributed by atoms with E-state index in [2.05, 4.69) is 54.7 Å². The molecule has 19 heavy (non-hydrogen) atoms. The average molecular weight is 538 g/mol. The molecule has 0 N–H and O–H groups in total. The Morgan fingerprint density at radius 1 is 1.00 bits per heavy atom. The van der Waals surface area contributed by atoms with E-state index in [1.807, 2.05) is 0 Å². The van der Waals surface area contributed by atoms with Gasteiger partial charge in [0.25, 0.3) is 0 Å². The summed E-state index contributed by atoms with van der Waals surface area (Å²) < 4.78 is 6.08. The van der Waals surface area contributed by atoms with Crippen molar-refractivity contribution in [2.45, 2.75) is 51.0 Å². The van der Waals surface area contributed by atoms with Crippen LogP contribution in [0.25, 0.3) is 0 Å². The van der Waals surface area contributed by atoms with E-state index < -0.39 is 0 Å². The second-order valence-electron chi connectivity index (χ2n) is 5.76. The third kappa shape index (κ3) is 5.76. The molecule has 4 unspecified atom stereocenters. The Morgan fingerprint density at radius 3 is 2.26 bits per heavy atom. The first-order valence-electron chi connectivity index (χ1n) is 7.10. The molecule has 0 aromatic carbocycles. The van der Waals surface area contributed by atoms with Crippen molar-refractivity contribution in [3.8, 4) is 0 Å². The number of hydrogen-bond acceptors (Lipinski definition) is 2. The summed E-state index contributed by atoms with van der Waals surface area (Å²) in [5.74, 6) is 3.79. The van der Waals surface area contributed by atoms with Crippen molar-refractivity contribution < 1.29 is 0 Å². The molecule has 0 bridgehead atoms. The maximum absolute atomic E-state index is 3.42. The standard InChI is InChI=1S/C14H20S2Se2Te/c17-12(3-10-6-15-10)5-13-2-1-9(8-19-13)14(18)4-11-7-16-11/h9-11,13H,1-8H2. The minimum atomic E-state index is 0.250. The van der Waals surface area contributed by atoms with E-state index in [0.29, 0.717) is 0 Å². The van der Waals surface area contributed by atoms with Gasteiger partial charge in [0.2, 0.25) is 0 Å². The molecule has 3 aliphatic rings. The Kier molecular flexibility index (Phi) is 6.54. The molecule has 0 radical (unpaired) electrons. The third-order valence-corrected chi connectivity index (χ3v) is 11.9. The van der Waals surface area contributed by atoms with Crippen molar-refractivity contribution in [2.75, 3.05) is 11.5 Å². The van der Waals surface area contributed by atoms with Gasteiger partial charge in [-0.1, -0.05) is 0 Å². The van der Waals surface area contributed by atoms with Gasteiger partial charge in [-0.15, -0.1) is 0 Å². The van der Waals surface area contributed by atoms with Gasteiger partial charge in [0, 0.05) is 0 Å². The molecule has 3 saturated heterocycles. The minimum absolute atomic E-state index is 0.250. The monoisotopic (exact) mass is 542 g/mol. The topological polar surface area (TPSA) is 0 Å². The molecular formula is C14H20S2Se2Te.